The summed E-state index contributed by atoms with van der Waals surface area (Å²) in [6.07, 6.45) is 1.69. The molecule has 0 amide bonds. The van der Waals surface area contributed by atoms with Crippen LogP contribution in [0.15, 0.2) is 18.2 Å². The third-order valence-corrected chi connectivity index (χ3v) is 5.94. The Hall–Kier alpha value is -2.13. The van der Waals surface area contributed by atoms with Gasteiger partial charge in [0.2, 0.25) is 0 Å². The number of phenolic OH excluding ortho intramolecular Hbond substituents is 1. The fourth-order valence-corrected chi connectivity index (χ4v) is 3.68. The highest BCUT2D eigenvalue weighted by molar-refractivity contribution is 7.90. The molecular weight excluding hydrogens is 360 g/mol. The first-order chi connectivity index (χ1) is 12.1. The second-order valence-electron chi connectivity index (χ2n) is 6.38. The van der Waals surface area contributed by atoms with Gasteiger partial charge in [-0.25, -0.2) is 0 Å². The maximum absolute atomic E-state index is 12.7. The maximum Gasteiger partial charge on any atom is 0.324 e. The SMILES string of the molecule is CCOC(=O)C1(c2cc(NS(=O)(=O)N(C)C)ccc2O)CCCCC1=O. The topological polar surface area (TPSA) is 113 Å². The summed E-state index contributed by atoms with van der Waals surface area (Å²) >= 11 is 0. The largest absolute Gasteiger partial charge is 0.508 e. The molecular formula is C17H24N2O6S. The Morgan fingerprint density at radius 3 is 2.62 bits per heavy atom. The second kappa shape index (κ2) is 7.63. The number of nitrogens with zero attached hydrogens (tertiary/aromatic N) is 1. The van der Waals surface area contributed by atoms with Gasteiger partial charge in [-0.05, 0) is 38.0 Å². The summed E-state index contributed by atoms with van der Waals surface area (Å²) < 4.78 is 32.6. The first-order valence-electron chi connectivity index (χ1n) is 8.39. The number of ketones is 1. The number of carbonyl (C=O) groups excluding carboxylic acids is 2. The Morgan fingerprint density at radius 2 is 2.04 bits per heavy atom. The van der Waals surface area contributed by atoms with Gasteiger partial charge in [-0.3, -0.25) is 14.3 Å². The van der Waals surface area contributed by atoms with Crippen molar-refractivity contribution in [3.63, 3.8) is 0 Å². The van der Waals surface area contributed by atoms with Gasteiger partial charge in [0.05, 0.1) is 12.3 Å². The number of benzene rings is 1. The molecule has 0 aliphatic heterocycles. The first-order valence-corrected chi connectivity index (χ1v) is 9.83. The molecule has 1 aliphatic carbocycles. The van der Waals surface area contributed by atoms with E-state index in [-0.39, 0.29) is 42.2 Å². The number of rotatable bonds is 6. The van der Waals surface area contributed by atoms with E-state index < -0.39 is 21.6 Å². The van der Waals surface area contributed by atoms with Crippen molar-refractivity contribution in [2.45, 2.75) is 38.0 Å². The van der Waals surface area contributed by atoms with Gasteiger partial charge in [-0.1, -0.05) is 6.42 Å². The third-order valence-electron chi connectivity index (χ3n) is 4.49. The van der Waals surface area contributed by atoms with Gasteiger partial charge in [-0.2, -0.15) is 12.7 Å². The Balaban J connectivity index is 2.57. The van der Waals surface area contributed by atoms with E-state index in [4.69, 9.17) is 4.74 Å². The Kier molecular flexibility index (Phi) is 5.92. The molecule has 0 spiro atoms. The lowest BCUT2D eigenvalue weighted by atomic mass is 9.68. The van der Waals surface area contributed by atoms with Gasteiger partial charge < -0.3 is 9.84 Å². The van der Waals surface area contributed by atoms with Gasteiger partial charge >= 0.3 is 16.2 Å². The van der Waals surface area contributed by atoms with Crippen molar-refractivity contribution < 1.29 is 27.9 Å². The zero-order valence-electron chi connectivity index (χ0n) is 15.1. The van der Waals surface area contributed by atoms with Crippen molar-refractivity contribution in [1.29, 1.82) is 0 Å². The lowest BCUT2D eigenvalue weighted by molar-refractivity contribution is -0.155. The molecule has 0 radical (unpaired) electrons. The minimum absolute atomic E-state index is 0.0691. The lowest BCUT2D eigenvalue weighted by Crippen LogP contribution is -2.47. The highest BCUT2D eigenvalue weighted by Gasteiger charge is 2.51. The number of phenols is 1. The maximum atomic E-state index is 12.7. The van der Waals surface area contributed by atoms with Crippen LogP contribution >= 0.6 is 0 Å². The van der Waals surface area contributed by atoms with Crippen molar-refractivity contribution in [1.82, 2.24) is 4.31 Å². The van der Waals surface area contributed by atoms with Crippen molar-refractivity contribution in [2.75, 3.05) is 25.4 Å². The Bertz CT molecular complexity index is 805. The highest BCUT2D eigenvalue weighted by Crippen LogP contribution is 2.43. The molecule has 1 saturated carbocycles. The molecule has 1 aliphatic rings. The number of esters is 1. The van der Waals surface area contributed by atoms with Crippen LogP contribution in [0.3, 0.4) is 0 Å². The van der Waals surface area contributed by atoms with Crippen LogP contribution < -0.4 is 4.72 Å². The summed E-state index contributed by atoms with van der Waals surface area (Å²) in [5.41, 5.74) is -1.40. The number of hydrogen-bond acceptors (Lipinski definition) is 6. The van der Waals surface area contributed by atoms with Gasteiger partial charge in [-0.15, -0.1) is 0 Å². The van der Waals surface area contributed by atoms with Crippen LogP contribution in [0, 0.1) is 0 Å². The van der Waals surface area contributed by atoms with E-state index in [1.807, 2.05) is 0 Å². The van der Waals surface area contributed by atoms with E-state index in [0.29, 0.717) is 12.8 Å². The van der Waals surface area contributed by atoms with E-state index in [9.17, 15) is 23.1 Å². The van der Waals surface area contributed by atoms with Crippen molar-refractivity contribution in [3.05, 3.63) is 23.8 Å². The number of Topliss-reactive ketones (excluding diaryl/α,β-unsaturated/α-hetero) is 1. The summed E-state index contributed by atoms with van der Waals surface area (Å²) in [5.74, 6) is -1.29. The van der Waals surface area contributed by atoms with Gasteiger partial charge in [0.1, 0.15) is 5.75 Å². The van der Waals surface area contributed by atoms with E-state index >= 15 is 0 Å². The van der Waals surface area contributed by atoms with Crippen LogP contribution in [0.4, 0.5) is 5.69 Å². The standard InChI is InChI=1S/C17H24N2O6S/c1-4-25-16(22)17(10-6-5-7-15(17)21)13-11-12(8-9-14(13)20)18-26(23,24)19(2)3/h8-9,11,18,20H,4-7,10H2,1-3H3. The molecule has 1 fully saturated rings. The van der Waals surface area contributed by atoms with Crippen LogP contribution in [-0.2, 0) is 30.0 Å². The molecule has 1 aromatic carbocycles. The van der Waals surface area contributed by atoms with E-state index in [1.54, 1.807) is 6.92 Å². The quantitative estimate of drug-likeness (QED) is 0.437. The van der Waals surface area contributed by atoms with E-state index in [0.717, 1.165) is 4.31 Å². The van der Waals surface area contributed by atoms with Gasteiger partial charge in [0, 0.05) is 26.1 Å². The Morgan fingerprint density at radius 1 is 1.35 bits per heavy atom. The average molecular weight is 384 g/mol. The molecule has 26 heavy (non-hydrogen) atoms. The molecule has 9 heteroatoms. The summed E-state index contributed by atoms with van der Waals surface area (Å²) in [6, 6.07) is 3.97. The van der Waals surface area contributed by atoms with Gasteiger partial charge in [0.15, 0.2) is 11.2 Å². The van der Waals surface area contributed by atoms with Crippen LogP contribution in [0.1, 0.15) is 38.2 Å². The predicted octanol–water partition coefficient (Wildman–Crippen LogP) is 1.55. The fraction of sp³-hybridized carbons (Fsp3) is 0.529. The predicted molar refractivity (Wildman–Crippen MR) is 96.1 cm³/mol. The molecule has 2 rings (SSSR count). The van der Waals surface area contributed by atoms with Crippen molar-refractivity contribution >= 4 is 27.6 Å². The molecule has 2 N–H and O–H groups in total. The normalized spacial score (nSPS) is 20.8. The number of hydrogen-bond donors (Lipinski definition) is 2. The zero-order chi connectivity index (χ0) is 19.5. The second-order valence-corrected chi connectivity index (χ2v) is 8.26. The Labute approximate surface area is 153 Å². The van der Waals surface area contributed by atoms with Crippen LogP contribution in [-0.4, -0.2) is 50.3 Å². The number of anilines is 1. The molecule has 0 bridgehead atoms. The third kappa shape index (κ3) is 3.68. The fourth-order valence-electron chi connectivity index (χ4n) is 3.08. The number of carbonyl (C=O) groups is 2. The molecule has 0 saturated heterocycles. The summed E-state index contributed by atoms with van der Waals surface area (Å²) in [7, 11) is -1.04. The minimum Gasteiger partial charge on any atom is -0.508 e. The molecule has 1 atom stereocenters. The molecule has 0 heterocycles. The van der Waals surface area contributed by atoms with Crippen molar-refractivity contribution in [3.8, 4) is 5.75 Å². The zero-order valence-corrected chi connectivity index (χ0v) is 15.9. The number of nitrogens with one attached hydrogen (secondary N) is 1. The molecule has 0 aromatic heterocycles. The average Bonchev–Trinajstić information content (AvgIpc) is 2.57. The van der Waals surface area contributed by atoms with Crippen LogP contribution in [0.25, 0.3) is 0 Å². The first kappa shape index (κ1) is 20.2. The number of ether oxygens (including phenoxy) is 1. The van der Waals surface area contributed by atoms with Crippen LogP contribution in [0.5, 0.6) is 5.75 Å². The van der Waals surface area contributed by atoms with Gasteiger partial charge in [0.25, 0.3) is 0 Å². The van der Waals surface area contributed by atoms with Crippen molar-refractivity contribution in [2.24, 2.45) is 0 Å². The molecule has 144 valence electrons. The number of aromatic hydroxyl groups is 1. The van der Waals surface area contributed by atoms with Crippen LogP contribution in [0.2, 0.25) is 0 Å². The lowest BCUT2D eigenvalue weighted by Gasteiger charge is -2.34. The monoisotopic (exact) mass is 384 g/mol. The molecule has 8 nitrogen and oxygen atoms in total. The highest BCUT2D eigenvalue weighted by atomic mass is 32.2. The minimum atomic E-state index is -3.77. The van der Waals surface area contributed by atoms with E-state index in [2.05, 4.69) is 4.72 Å². The summed E-state index contributed by atoms with van der Waals surface area (Å²) in [5, 5.41) is 10.3. The van der Waals surface area contributed by atoms with E-state index in [1.165, 1.54) is 32.3 Å². The molecule has 1 aromatic rings. The summed E-state index contributed by atoms with van der Waals surface area (Å²) in [6.45, 7) is 1.74. The molecule has 1 unspecified atom stereocenters. The smallest absolute Gasteiger partial charge is 0.324 e. The summed E-state index contributed by atoms with van der Waals surface area (Å²) in [4.78, 5) is 25.4.